The lowest BCUT2D eigenvalue weighted by Crippen LogP contribution is -2.09. The van der Waals surface area contributed by atoms with Gasteiger partial charge in [-0.25, -0.2) is 4.79 Å². The largest absolute Gasteiger partial charge is 0.482 e. The summed E-state index contributed by atoms with van der Waals surface area (Å²) >= 11 is 5.57. The van der Waals surface area contributed by atoms with Crippen LogP contribution in [0.15, 0.2) is 24.3 Å². The highest BCUT2D eigenvalue weighted by atomic mass is 35.5. The van der Waals surface area contributed by atoms with Crippen LogP contribution in [0.4, 0.5) is 0 Å². The van der Waals surface area contributed by atoms with Gasteiger partial charge in [0.15, 0.2) is 6.61 Å². The van der Waals surface area contributed by atoms with Gasteiger partial charge in [-0.3, -0.25) is 0 Å². The van der Waals surface area contributed by atoms with Gasteiger partial charge in [0.1, 0.15) is 5.75 Å². The Kier molecular flexibility index (Phi) is 3.58. The Hall–Kier alpha value is -1.22. The van der Waals surface area contributed by atoms with E-state index < -0.39 is 5.97 Å². The molecule has 0 aliphatic carbocycles. The molecule has 0 amide bonds. The molecule has 0 radical (unpaired) electrons. The lowest BCUT2D eigenvalue weighted by atomic mass is 10.2. The average molecular weight is 201 g/mol. The zero-order chi connectivity index (χ0) is 9.68. The summed E-state index contributed by atoms with van der Waals surface area (Å²) in [5, 5.41) is 8.33. The summed E-state index contributed by atoms with van der Waals surface area (Å²) in [7, 11) is 0. The van der Waals surface area contributed by atoms with Crippen LogP contribution in [-0.2, 0) is 10.7 Å². The number of rotatable bonds is 4. The van der Waals surface area contributed by atoms with E-state index in [1.165, 1.54) is 0 Å². The van der Waals surface area contributed by atoms with Crippen molar-refractivity contribution in [3.63, 3.8) is 0 Å². The summed E-state index contributed by atoms with van der Waals surface area (Å²) in [5.74, 6) is -0.00293. The van der Waals surface area contributed by atoms with E-state index in [2.05, 4.69) is 0 Å². The molecule has 70 valence electrons. The van der Waals surface area contributed by atoms with Gasteiger partial charge in [-0.2, -0.15) is 0 Å². The highest BCUT2D eigenvalue weighted by Crippen LogP contribution is 2.13. The number of ether oxygens (including phenoxy) is 1. The molecule has 4 heteroatoms. The third kappa shape index (κ3) is 3.34. The van der Waals surface area contributed by atoms with E-state index in [0.717, 1.165) is 5.56 Å². The van der Waals surface area contributed by atoms with Gasteiger partial charge in [0.05, 0.1) is 0 Å². The lowest BCUT2D eigenvalue weighted by Gasteiger charge is -2.02. The molecule has 1 aromatic carbocycles. The first-order valence-corrected chi connectivity index (χ1v) is 4.25. The molecule has 1 N–H and O–H groups in total. The van der Waals surface area contributed by atoms with Crippen LogP contribution in [0.25, 0.3) is 0 Å². The number of hydrogen-bond acceptors (Lipinski definition) is 2. The number of aliphatic carboxylic acids is 1. The fraction of sp³-hybridized carbons (Fsp3) is 0.222. The van der Waals surface area contributed by atoms with E-state index in [4.69, 9.17) is 21.4 Å². The summed E-state index contributed by atoms with van der Waals surface area (Å²) in [5.41, 5.74) is 0.976. The van der Waals surface area contributed by atoms with Gasteiger partial charge in [0.25, 0.3) is 0 Å². The molecule has 0 heterocycles. The standard InChI is InChI=1S/C9H9ClO3/c10-5-7-1-3-8(4-2-7)13-6-9(11)12/h1-4H,5-6H2,(H,11,12). The molecule has 3 nitrogen and oxygen atoms in total. The van der Waals surface area contributed by atoms with E-state index in [-0.39, 0.29) is 6.61 Å². The van der Waals surface area contributed by atoms with Gasteiger partial charge in [0, 0.05) is 5.88 Å². The summed E-state index contributed by atoms with van der Waals surface area (Å²) in [6.07, 6.45) is 0. The first-order valence-electron chi connectivity index (χ1n) is 3.72. The Bertz CT molecular complexity index is 281. The molecule has 1 rings (SSSR count). The second-order valence-corrected chi connectivity index (χ2v) is 2.73. The molecule has 0 aliphatic rings. The molecule has 0 spiro atoms. The normalized spacial score (nSPS) is 9.62. The maximum atomic E-state index is 10.1. The van der Waals surface area contributed by atoms with Gasteiger partial charge < -0.3 is 9.84 Å². The molecular formula is C9H9ClO3. The number of alkyl halides is 1. The topological polar surface area (TPSA) is 46.5 Å². The minimum atomic E-state index is -0.985. The van der Waals surface area contributed by atoms with Gasteiger partial charge in [-0.1, -0.05) is 12.1 Å². The zero-order valence-electron chi connectivity index (χ0n) is 6.87. The summed E-state index contributed by atoms with van der Waals surface area (Å²) in [6, 6.07) is 6.98. The van der Waals surface area contributed by atoms with Crippen molar-refractivity contribution in [2.24, 2.45) is 0 Å². The van der Waals surface area contributed by atoms with Crippen molar-refractivity contribution in [2.45, 2.75) is 5.88 Å². The highest BCUT2D eigenvalue weighted by Gasteiger charge is 1.98. The van der Waals surface area contributed by atoms with Gasteiger partial charge in [-0.15, -0.1) is 11.6 Å². The second-order valence-electron chi connectivity index (χ2n) is 2.46. The SMILES string of the molecule is O=C(O)COc1ccc(CCl)cc1. The molecule has 1 aromatic rings. The third-order valence-electron chi connectivity index (χ3n) is 1.44. The van der Waals surface area contributed by atoms with Crippen molar-refractivity contribution in [1.29, 1.82) is 0 Å². The predicted molar refractivity (Wildman–Crippen MR) is 49.1 cm³/mol. The molecule has 0 unspecified atom stereocenters. The highest BCUT2D eigenvalue weighted by molar-refractivity contribution is 6.17. The third-order valence-corrected chi connectivity index (χ3v) is 1.75. The van der Waals surface area contributed by atoms with Crippen molar-refractivity contribution >= 4 is 17.6 Å². The van der Waals surface area contributed by atoms with Crippen LogP contribution in [0.2, 0.25) is 0 Å². The van der Waals surface area contributed by atoms with Crippen molar-refractivity contribution in [3.05, 3.63) is 29.8 Å². The Morgan fingerprint density at radius 2 is 2.00 bits per heavy atom. The van der Waals surface area contributed by atoms with E-state index in [1.54, 1.807) is 24.3 Å². The predicted octanol–water partition coefficient (Wildman–Crippen LogP) is 1.89. The first kappa shape index (κ1) is 9.86. The van der Waals surface area contributed by atoms with Crippen LogP contribution in [0, 0.1) is 0 Å². The molecular weight excluding hydrogens is 192 g/mol. The molecule has 0 fully saturated rings. The first-order chi connectivity index (χ1) is 6.22. The molecule has 0 aromatic heterocycles. The van der Waals surface area contributed by atoms with Crippen molar-refractivity contribution in [2.75, 3.05) is 6.61 Å². The van der Waals surface area contributed by atoms with E-state index in [0.29, 0.717) is 11.6 Å². The molecule has 0 bridgehead atoms. The number of hydrogen-bond donors (Lipinski definition) is 1. The van der Waals surface area contributed by atoms with Crippen LogP contribution >= 0.6 is 11.6 Å². The number of carboxylic acid groups (broad SMARTS) is 1. The Labute approximate surface area is 80.9 Å². The number of carbonyl (C=O) groups is 1. The van der Waals surface area contributed by atoms with Crippen LogP contribution in [0.1, 0.15) is 5.56 Å². The minimum absolute atomic E-state index is 0.319. The molecule has 0 aliphatic heterocycles. The van der Waals surface area contributed by atoms with E-state index in [9.17, 15) is 4.79 Å². The fourth-order valence-electron chi connectivity index (χ4n) is 0.820. The van der Waals surface area contributed by atoms with Crippen molar-refractivity contribution in [3.8, 4) is 5.75 Å². The maximum absolute atomic E-state index is 10.1. The summed E-state index contributed by atoms with van der Waals surface area (Å²) in [6.45, 7) is -0.319. The summed E-state index contributed by atoms with van der Waals surface area (Å²) in [4.78, 5) is 10.1. The van der Waals surface area contributed by atoms with E-state index >= 15 is 0 Å². The molecule has 0 saturated carbocycles. The van der Waals surface area contributed by atoms with Crippen LogP contribution in [0.3, 0.4) is 0 Å². The molecule has 13 heavy (non-hydrogen) atoms. The number of benzene rings is 1. The second kappa shape index (κ2) is 4.72. The van der Waals surface area contributed by atoms with Gasteiger partial charge in [-0.05, 0) is 17.7 Å². The van der Waals surface area contributed by atoms with Crippen molar-refractivity contribution in [1.82, 2.24) is 0 Å². The average Bonchev–Trinajstić information content (AvgIpc) is 2.15. The molecule has 0 atom stereocenters. The number of carboxylic acids is 1. The smallest absolute Gasteiger partial charge is 0.341 e. The Morgan fingerprint density at radius 3 is 2.46 bits per heavy atom. The zero-order valence-corrected chi connectivity index (χ0v) is 7.62. The minimum Gasteiger partial charge on any atom is -0.482 e. The number of halogens is 1. The lowest BCUT2D eigenvalue weighted by molar-refractivity contribution is -0.139. The fourth-order valence-corrected chi connectivity index (χ4v) is 0.998. The Balaban J connectivity index is 2.54. The van der Waals surface area contributed by atoms with Gasteiger partial charge >= 0.3 is 5.97 Å². The quantitative estimate of drug-likeness (QED) is 0.755. The monoisotopic (exact) mass is 200 g/mol. The maximum Gasteiger partial charge on any atom is 0.341 e. The molecule has 0 saturated heterocycles. The van der Waals surface area contributed by atoms with E-state index in [1.807, 2.05) is 0 Å². The van der Waals surface area contributed by atoms with Crippen LogP contribution in [-0.4, -0.2) is 17.7 Å². The van der Waals surface area contributed by atoms with Gasteiger partial charge in [0.2, 0.25) is 0 Å². The van der Waals surface area contributed by atoms with Crippen molar-refractivity contribution < 1.29 is 14.6 Å². The Morgan fingerprint density at radius 1 is 1.38 bits per heavy atom. The summed E-state index contributed by atoms with van der Waals surface area (Å²) < 4.78 is 4.92. The van der Waals surface area contributed by atoms with Crippen LogP contribution in [0.5, 0.6) is 5.75 Å². The van der Waals surface area contributed by atoms with Crippen LogP contribution < -0.4 is 4.74 Å².